The van der Waals surface area contributed by atoms with Crippen LogP contribution in [0.1, 0.15) is 25.3 Å². The van der Waals surface area contributed by atoms with E-state index in [0.717, 1.165) is 16.1 Å². The largest absolute Gasteiger partial charge is 0.326 e. The van der Waals surface area contributed by atoms with E-state index in [1.165, 1.54) is 0 Å². The topological polar surface area (TPSA) is 49.4 Å². The summed E-state index contributed by atoms with van der Waals surface area (Å²) in [6, 6.07) is 13.3. The van der Waals surface area contributed by atoms with Gasteiger partial charge in [-0.25, -0.2) is 0 Å². The summed E-state index contributed by atoms with van der Waals surface area (Å²) in [6.45, 7) is 4.67. The number of carbonyl (C=O) groups excluding carboxylic acids is 2. The van der Waals surface area contributed by atoms with Crippen molar-refractivity contribution in [1.29, 1.82) is 0 Å². The number of hydrogen-bond donors (Lipinski definition) is 1. The smallest absolute Gasteiger partial charge is 0.227 e. The van der Waals surface area contributed by atoms with Gasteiger partial charge < -0.3 is 10.2 Å². The number of benzene rings is 2. The van der Waals surface area contributed by atoms with Crippen molar-refractivity contribution in [2.24, 2.45) is 0 Å². The van der Waals surface area contributed by atoms with Crippen molar-refractivity contribution < 1.29 is 9.59 Å². The van der Waals surface area contributed by atoms with Crippen molar-refractivity contribution in [3.63, 3.8) is 0 Å². The minimum Gasteiger partial charge on any atom is -0.326 e. The lowest BCUT2D eigenvalue weighted by Gasteiger charge is -2.32. The number of aryl methyl sites for hydroxylation is 1. The lowest BCUT2D eigenvalue weighted by molar-refractivity contribution is -0.122. The standard InChI is InChI=1S/C20H21ClN2O2S/c1-13-7-8-15(11-16(13)21)22-19(24)9-10-20(25)23-12-14(2)26-18-6-4-3-5-17(18)23/h3-8,11,14H,9-10,12H2,1-2H3,(H,22,24)/t14-/m1/s1. The Kier molecular flexibility index (Phi) is 5.89. The summed E-state index contributed by atoms with van der Waals surface area (Å²) in [6.07, 6.45) is 0.321. The van der Waals surface area contributed by atoms with Crippen LogP contribution >= 0.6 is 23.4 Å². The lowest BCUT2D eigenvalue weighted by atomic mass is 10.2. The Balaban J connectivity index is 1.60. The van der Waals surface area contributed by atoms with E-state index in [0.29, 0.717) is 22.5 Å². The number of nitrogens with zero attached hydrogens (tertiary/aromatic N) is 1. The van der Waals surface area contributed by atoms with E-state index in [2.05, 4.69) is 12.2 Å². The third kappa shape index (κ3) is 4.40. The summed E-state index contributed by atoms with van der Waals surface area (Å²) in [5.74, 6) is -0.215. The predicted molar refractivity (Wildman–Crippen MR) is 108 cm³/mol. The third-order valence-corrected chi connectivity index (χ3v) is 5.80. The number of nitrogens with one attached hydrogen (secondary N) is 1. The predicted octanol–water partition coefficient (Wildman–Crippen LogP) is 4.89. The number of anilines is 2. The number of fused-ring (bicyclic) bond motifs is 1. The zero-order chi connectivity index (χ0) is 18.7. The molecule has 0 unspecified atom stereocenters. The molecule has 0 spiro atoms. The van der Waals surface area contributed by atoms with Gasteiger partial charge in [-0.2, -0.15) is 0 Å². The van der Waals surface area contributed by atoms with Gasteiger partial charge in [0.15, 0.2) is 0 Å². The summed E-state index contributed by atoms with van der Waals surface area (Å²) >= 11 is 7.85. The molecule has 0 radical (unpaired) electrons. The first-order valence-electron chi connectivity index (χ1n) is 8.56. The second kappa shape index (κ2) is 8.14. The highest BCUT2D eigenvalue weighted by Crippen LogP contribution is 2.38. The number of amides is 2. The molecule has 2 aromatic carbocycles. The van der Waals surface area contributed by atoms with Gasteiger partial charge in [0.25, 0.3) is 0 Å². The molecule has 0 fully saturated rings. The molecule has 1 heterocycles. The molecule has 1 atom stereocenters. The fraction of sp³-hybridized carbons (Fsp3) is 0.300. The maximum Gasteiger partial charge on any atom is 0.227 e. The van der Waals surface area contributed by atoms with Crippen molar-refractivity contribution in [1.82, 2.24) is 0 Å². The molecule has 26 heavy (non-hydrogen) atoms. The van der Waals surface area contributed by atoms with Gasteiger partial charge in [-0.3, -0.25) is 9.59 Å². The molecule has 1 N–H and O–H groups in total. The molecule has 0 saturated heterocycles. The van der Waals surface area contributed by atoms with Gasteiger partial charge >= 0.3 is 0 Å². The minimum atomic E-state index is -0.189. The van der Waals surface area contributed by atoms with Crippen molar-refractivity contribution in [3.8, 4) is 0 Å². The molecule has 0 aliphatic carbocycles. The van der Waals surface area contributed by atoms with Crippen molar-refractivity contribution >= 4 is 46.6 Å². The van der Waals surface area contributed by atoms with E-state index in [9.17, 15) is 9.59 Å². The van der Waals surface area contributed by atoms with Crippen LogP contribution < -0.4 is 10.2 Å². The molecule has 0 saturated carbocycles. The minimum absolute atomic E-state index is 0.0262. The molecule has 1 aliphatic rings. The van der Waals surface area contributed by atoms with E-state index >= 15 is 0 Å². The first-order chi connectivity index (χ1) is 12.4. The van der Waals surface area contributed by atoms with E-state index in [4.69, 9.17) is 11.6 Å². The summed E-state index contributed by atoms with van der Waals surface area (Å²) in [5.41, 5.74) is 2.54. The zero-order valence-corrected chi connectivity index (χ0v) is 16.4. The van der Waals surface area contributed by atoms with Crippen LogP contribution in [0.3, 0.4) is 0 Å². The van der Waals surface area contributed by atoms with Gasteiger partial charge in [0.1, 0.15) is 0 Å². The molecule has 136 valence electrons. The highest BCUT2D eigenvalue weighted by molar-refractivity contribution is 8.00. The second-order valence-electron chi connectivity index (χ2n) is 6.41. The molecule has 6 heteroatoms. The molecule has 2 aromatic rings. The average molecular weight is 389 g/mol. The maximum atomic E-state index is 12.7. The van der Waals surface area contributed by atoms with Gasteiger partial charge in [-0.1, -0.05) is 36.7 Å². The van der Waals surface area contributed by atoms with E-state index in [-0.39, 0.29) is 24.7 Å². The van der Waals surface area contributed by atoms with Crippen molar-refractivity contribution in [3.05, 3.63) is 53.1 Å². The fourth-order valence-corrected chi connectivity index (χ4v) is 4.17. The number of halogens is 1. The molecule has 4 nitrogen and oxygen atoms in total. The van der Waals surface area contributed by atoms with Crippen LogP contribution in [0.4, 0.5) is 11.4 Å². The van der Waals surface area contributed by atoms with E-state index in [1.54, 1.807) is 28.8 Å². The van der Waals surface area contributed by atoms with E-state index < -0.39 is 0 Å². The summed E-state index contributed by atoms with van der Waals surface area (Å²) in [7, 11) is 0. The SMILES string of the molecule is Cc1ccc(NC(=O)CCC(=O)N2C[C@@H](C)Sc3ccccc32)cc1Cl. The average Bonchev–Trinajstić information content (AvgIpc) is 2.62. The van der Waals surface area contributed by atoms with E-state index in [1.807, 2.05) is 37.3 Å². The van der Waals surface area contributed by atoms with Crippen LogP contribution in [0, 0.1) is 6.92 Å². The van der Waals surface area contributed by atoms with Crippen LogP contribution in [0.15, 0.2) is 47.4 Å². The van der Waals surface area contributed by atoms with Crippen LogP contribution in [0.25, 0.3) is 0 Å². The van der Waals surface area contributed by atoms with Gasteiger partial charge in [-0.05, 0) is 36.8 Å². The Morgan fingerprint density at radius 3 is 2.77 bits per heavy atom. The number of rotatable bonds is 4. The summed E-state index contributed by atoms with van der Waals surface area (Å²) in [5, 5.41) is 3.74. The highest BCUT2D eigenvalue weighted by Gasteiger charge is 2.26. The Labute approximate surface area is 162 Å². The highest BCUT2D eigenvalue weighted by atomic mass is 35.5. The quantitative estimate of drug-likeness (QED) is 0.810. The van der Waals surface area contributed by atoms with Crippen LogP contribution in [0.2, 0.25) is 5.02 Å². The molecule has 0 bridgehead atoms. The normalized spacial score (nSPS) is 16.1. The van der Waals surface area contributed by atoms with Gasteiger partial charge in [0, 0.05) is 40.2 Å². The summed E-state index contributed by atoms with van der Waals surface area (Å²) in [4.78, 5) is 27.8. The summed E-state index contributed by atoms with van der Waals surface area (Å²) < 4.78 is 0. The molecule has 3 rings (SSSR count). The van der Waals surface area contributed by atoms with Crippen LogP contribution in [0.5, 0.6) is 0 Å². The van der Waals surface area contributed by atoms with Gasteiger partial charge in [0.2, 0.25) is 11.8 Å². The lowest BCUT2D eigenvalue weighted by Crippen LogP contribution is -2.38. The molecule has 0 aromatic heterocycles. The van der Waals surface area contributed by atoms with Gasteiger partial charge in [0.05, 0.1) is 5.69 Å². The second-order valence-corrected chi connectivity index (χ2v) is 8.30. The Morgan fingerprint density at radius 1 is 1.23 bits per heavy atom. The number of hydrogen-bond acceptors (Lipinski definition) is 3. The monoisotopic (exact) mass is 388 g/mol. The molecule has 2 amide bonds. The Morgan fingerprint density at radius 2 is 2.00 bits per heavy atom. The molecular formula is C20H21ClN2O2S. The van der Waals surface area contributed by atoms with Crippen molar-refractivity contribution in [2.75, 3.05) is 16.8 Å². The first kappa shape index (κ1) is 18.8. The first-order valence-corrected chi connectivity index (χ1v) is 9.82. The third-order valence-electron chi connectivity index (χ3n) is 4.25. The molecule has 1 aliphatic heterocycles. The number of para-hydroxylation sites is 1. The maximum absolute atomic E-state index is 12.7. The number of carbonyl (C=O) groups is 2. The number of thioether (sulfide) groups is 1. The zero-order valence-electron chi connectivity index (χ0n) is 14.8. The molecular weight excluding hydrogens is 368 g/mol. The van der Waals surface area contributed by atoms with Crippen LogP contribution in [-0.4, -0.2) is 23.6 Å². The van der Waals surface area contributed by atoms with Crippen molar-refractivity contribution in [2.45, 2.75) is 36.8 Å². The fourth-order valence-electron chi connectivity index (χ4n) is 2.87. The van der Waals surface area contributed by atoms with Gasteiger partial charge in [-0.15, -0.1) is 11.8 Å². The van der Waals surface area contributed by atoms with Crippen LogP contribution in [-0.2, 0) is 9.59 Å². The Hall–Kier alpha value is -1.98. The Bertz CT molecular complexity index is 840.